The molecule has 1 saturated carbocycles. The lowest BCUT2D eigenvalue weighted by Crippen LogP contribution is -2.23. The van der Waals surface area contributed by atoms with Crippen molar-refractivity contribution in [2.75, 3.05) is 6.54 Å². The lowest BCUT2D eigenvalue weighted by atomic mass is 10.0. The maximum atomic E-state index is 8.70. The first kappa shape index (κ1) is 11.4. The largest absolute Gasteiger partial charge is 0.312 e. The molecule has 2 nitrogen and oxygen atoms in total. The molecule has 1 aromatic rings. The van der Waals surface area contributed by atoms with Crippen molar-refractivity contribution in [1.29, 1.82) is 5.26 Å². The molecule has 0 radical (unpaired) electrons. The molecule has 1 aliphatic carbocycles. The zero-order valence-electron chi connectivity index (χ0n) is 9.17. The molecule has 0 heterocycles. The zero-order chi connectivity index (χ0) is 11.4. The molecule has 1 aromatic carbocycles. The van der Waals surface area contributed by atoms with E-state index in [1.165, 1.54) is 12.8 Å². The van der Waals surface area contributed by atoms with Crippen molar-refractivity contribution >= 4 is 11.6 Å². The molecular formula is C13H15ClN2. The summed E-state index contributed by atoms with van der Waals surface area (Å²) < 4.78 is 0. The minimum Gasteiger partial charge on any atom is -0.312 e. The van der Waals surface area contributed by atoms with Gasteiger partial charge in [0.2, 0.25) is 0 Å². The van der Waals surface area contributed by atoms with Gasteiger partial charge in [-0.3, -0.25) is 0 Å². The molecule has 0 bridgehead atoms. The Kier molecular flexibility index (Phi) is 3.48. The second-order valence-electron chi connectivity index (χ2n) is 4.53. The summed E-state index contributed by atoms with van der Waals surface area (Å²) in [4.78, 5) is 0. The maximum Gasteiger partial charge on any atom is 0.0628 e. The molecule has 1 aliphatic rings. The molecule has 0 amide bonds. The summed E-state index contributed by atoms with van der Waals surface area (Å²) in [6, 6.07) is 10.1. The molecular weight excluding hydrogens is 220 g/mol. The Morgan fingerprint density at radius 3 is 2.75 bits per heavy atom. The van der Waals surface area contributed by atoms with Crippen LogP contribution in [-0.2, 0) is 6.54 Å². The highest BCUT2D eigenvalue weighted by Gasteiger charge is 2.41. The Morgan fingerprint density at radius 2 is 2.12 bits per heavy atom. The van der Waals surface area contributed by atoms with Crippen molar-refractivity contribution in [3.63, 3.8) is 0 Å². The second kappa shape index (κ2) is 4.86. The number of hydrogen-bond donors (Lipinski definition) is 1. The van der Waals surface area contributed by atoms with Gasteiger partial charge in [0.25, 0.3) is 0 Å². The van der Waals surface area contributed by atoms with Gasteiger partial charge in [0.15, 0.2) is 0 Å². The van der Waals surface area contributed by atoms with E-state index in [2.05, 4.69) is 11.4 Å². The van der Waals surface area contributed by atoms with E-state index in [0.717, 1.165) is 23.7 Å². The second-order valence-corrected chi connectivity index (χ2v) is 4.94. The Hall–Kier alpha value is -1.04. The first-order valence-corrected chi connectivity index (χ1v) is 5.95. The monoisotopic (exact) mass is 234 g/mol. The van der Waals surface area contributed by atoms with Gasteiger partial charge in [-0.15, -0.1) is 0 Å². The van der Waals surface area contributed by atoms with Crippen LogP contribution in [0.3, 0.4) is 0 Å². The van der Waals surface area contributed by atoms with Crippen molar-refractivity contribution in [2.24, 2.45) is 5.41 Å². The van der Waals surface area contributed by atoms with Gasteiger partial charge >= 0.3 is 0 Å². The van der Waals surface area contributed by atoms with Gasteiger partial charge in [-0.2, -0.15) is 5.26 Å². The van der Waals surface area contributed by atoms with E-state index in [1.54, 1.807) is 0 Å². The highest BCUT2D eigenvalue weighted by atomic mass is 35.5. The fourth-order valence-electron chi connectivity index (χ4n) is 1.86. The van der Waals surface area contributed by atoms with E-state index in [4.69, 9.17) is 16.9 Å². The van der Waals surface area contributed by atoms with Gasteiger partial charge in [0, 0.05) is 24.5 Å². The molecule has 0 atom stereocenters. The van der Waals surface area contributed by atoms with Crippen LogP contribution in [0.1, 0.15) is 24.8 Å². The summed E-state index contributed by atoms with van der Waals surface area (Å²) in [5.74, 6) is 0. The third-order valence-corrected chi connectivity index (χ3v) is 3.55. The van der Waals surface area contributed by atoms with E-state index >= 15 is 0 Å². The summed E-state index contributed by atoms with van der Waals surface area (Å²) in [6.07, 6.45) is 3.02. The number of hydrogen-bond acceptors (Lipinski definition) is 2. The first-order chi connectivity index (χ1) is 7.76. The number of nitrogens with zero attached hydrogens (tertiary/aromatic N) is 1. The van der Waals surface area contributed by atoms with E-state index < -0.39 is 0 Å². The van der Waals surface area contributed by atoms with Crippen LogP contribution in [0.2, 0.25) is 5.02 Å². The quantitative estimate of drug-likeness (QED) is 0.850. The predicted molar refractivity (Wildman–Crippen MR) is 65.1 cm³/mol. The number of nitrogens with one attached hydrogen (secondary N) is 1. The number of halogens is 1. The van der Waals surface area contributed by atoms with Gasteiger partial charge in [0.1, 0.15) is 0 Å². The molecule has 0 unspecified atom stereocenters. The smallest absolute Gasteiger partial charge is 0.0628 e. The van der Waals surface area contributed by atoms with Crippen LogP contribution >= 0.6 is 11.6 Å². The Labute approximate surface area is 101 Å². The number of nitriles is 1. The summed E-state index contributed by atoms with van der Waals surface area (Å²) >= 11 is 6.06. The molecule has 2 rings (SSSR count). The minimum atomic E-state index is 0.260. The normalized spacial score (nSPS) is 16.8. The topological polar surface area (TPSA) is 35.8 Å². The van der Waals surface area contributed by atoms with Crippen LogP contribution in [0.5, 0.6) is 0 Å². The van der Waals surface area contributed by atoms with Crippen molar-refractivity contribution < 1.29 is 0 Å². The first-order valence-electron chi connectivity index (χ1n) is 5.57. The number of rotatable bonds is 5. The van der Waals surface area contributed by atoms with Crippen molar-refractivity contribution in [3.8, 4) is 6.07 Å². The predicted octanol–water partition coefficient (Wildman–Crippen LogP) is 3.12. The van der Waals surface area contributed by atoms with Gasteiger partial charge < -0.3 is 5.32 Å². The van der Waals surface area contributed by atoms with Crippen LogP contribution in [0, 0.1) is 16.7 Å². The van der Waals surface area contributed by atoms with E-state index in [9.17, 15) is 0 Å². The van der Waals surface area contributed by atoms with Gasteiger partial charge in [-0.25, -0.2) is 0 Å². The van der Waals surface area contributed by atoms with Crippen molar-refractivity contribution in [3.05, 3.63) is 34.9 Å². The molecule has 0 saturated heterocycles. The van der Waals surface area contributed by atoms with Crippen molar-refractivity contribution in [2.45, 2.75) is 25.8 Å². The lowest BCUT2D eigenvalue weighted by molar-refractivity contribution is 0.466. The van der Waals surface area contributed by atoms with Crippen LogP contribution in [-0.4, -0.2) is 6.54 Å². The standard InChI is InChI=1S/C13H15ClN2/c14-12-4-2-1-3-11(12)9-16-10-13(5-6-13)7-8-15/h1-4,16H,5-7,9-10H2. The minimum absolute atomic E-state index is 0.260. The van der Waals surface area contributed by atoms with Crippen LogP contribution in [0.4, 0.5) is 0 Å². The van der Waals surface area contributed by atoms with Gasteiger partial charge in [0.05, 0.1) is 6.07 Å². The van der Waals surface area contributed by atoms with E-state index in [1.807, 2.05) is 24.3 Å². The summed E-state index contributed by atoms with van der Waals surface area (Å²) in [5.41, 5.74) is 1.38. The van der Waals surface area contributed by atoms with E-state index in [0.29, 0.717) is 6.42 Å². The Morgan fingerprint density at radius 1 is 1.38 bits per heavy atom. The Bertz CT molecular complexity index is 405. The Balaban J connectivity index is 1.81. The van der Waals surface area contributed by atoms with Crippen LogP contribution in [0.15, 0.2) is 24.3 Å². The van der Waals surface area contributed by atoms with Gasteiger partial charge in [-0.05, 0) is 29.9 Å². The summed E-state index contributed by atoms with van der Waals surface area (Å²) in [7, 11) is 0. The van der Waals surface area contributed by atoms with Crippen molar-refractivity contribution in [1.82, 2.24) is 5.32 Å². The molecule has 84 valence electrons. The molecule has 1 N–H and O–H groups in total. The summed E-state index contributed by atoms with van der Waals surface area (Å²) in [5, 5.41) is 12.9. The molecule has 3 heteroatoms. The third-order valence-electron chi connectivity index (χ3n) is 3.18. The summed E-state index contributed by atoms with van der Waals surface area (Å²) in [6.45, 7) is 1.71. The average molecular weight is 235 g/mol. The lowest BCUT2D eigenvalue weighted by Gasteiger charge is -2.12. The highest BCUT2D eigenvalue weighted by molar-refractivity contribution is 6.31. The van der Waals surface area contributed by atoms with E-state index in [-0.39, 0.29) is 5.41 Å². The molecule has 1 fully saturated rings. The molecule has 16 heavy (non-hydrogen) atoms. The SMILES string of the molecule is N#CCC1(CNCc2ccccc2Cl)CC1. The average Bonchev–Trinajstić information content (AvgIpc) is 3.02. The highest BCUT2D eigenvalue weighted by Crippen LogP contribution is 2.47. The van der Waals surface area contributed by atoms with Gasteiger partial charge in [-0.1, -0.05) is 29.8 Å². The zero-order valence-corrected chi connectivity index (χ0v) is 9.93. The molecule has 0 aromatic heterocycles. The van der Waals surface area contributed by atoms with Crippen LogP contribution in [0.25, 0.3) is 0 Å². The molecule has 0 aliphatic heterocycles. The number of benzene rings is 1. The molecule has 0 spiro atoms. The third kappa shape index (κ3) is 2.75. The fraction of sp³-hybridized carbons (Fsp3) is 0.462. The maximum absolute atomic E-state index is 8.70. The fourth-order valence-corrected chi connectivity index (χ4v) is 2.07. The van der Waals surface area contributed by atoms with Crippen LogP contribution < -0.4 is 5.32 Å².